The highest BCUT2D eigenvalue weighted by Gasteiger charge is 2.18. The minimum absolute atomic E-state index is 0.00182. The lowest BCUT2D eigenvalue weighted by molar-refractivity contribution is -0.384. The summed E-state index contributed by atoms with van der Waals surface area (Å²) >= 11 is 5.78. The lowest BCUT2D eigenvalue weighted by Crippen LogP contribution is -2.23. The summed E-state index contributed by atoms with van der Waals surface area (Å²) in [7, 11) is 0. The number of nitrogens with zero attached hydrogens (tertiary/aromatic N) is 1. The number of nitro benzene ring substituents is 1. The van der Waals surface area contributed by atoms with Crippen molar-refractivity contribution in [2.24, 2.45) is 0 Å². The molecule has 7 nitrogen and oxygen atoms in total. The summed E-state index contributed by atoms with van der Waals surface area (Å²) in [6.07, 6.45) is 2.95. The molecule has 2 aromatic rings. The van der Waals surface area contributed by atoms with Crippen molar-refractivity contribution >= 4 is 28.9 Å². The van der Waals surface area contributed by atoms with Gasteiger partial charge in [-0.2, -0.15) is 0 Å². The normalized spacial score (nSPS) is 10.2. The molecule has 1 aromatic heterocycles. The van der Waals surface area contributed by atoms with Crippen LogP contribution in [0, 0.1) is 10.1 Å². The maximum absolute atomic E-state index is 12.0. The summed E-state index contributed by atoms with van der Waals surface area (Å²) in [5, 5.41) is 13.3. The second kappa shape index (κ2) is 5.62. The summed E-state index contributed by atoms with van der Waals surface area (Å²) in [6.45, 7) is 0.217. The van der Waals surface area contributed by atoms with E-state index in [1.54, 1.807) is 6.07 Å². The second-order valence-electron chi connectivity index (χ2n) is 3.96. The first-order valence-electron chi connectivity index (χ1n) is 5.51. The number of anilines is 1. The van der Waals surface area contributed by atoms with Gasteiger partial charge in [0, 0.05) is 24.2 Å². The third kappa shape index (κ3) is 2.89. The molecule has 20 heavy (non-hydrogen) atoms. The van der Waals surface area contributed by atoms with E-state index in [1.807, 2.05) is 0 Å². The number of carbonyl (C=O) groups is 1. The molecule has 0 unspecified atom stereocenters. The number of rotatable bonds is 4. The van der Waals surface area contributed by atoms with E-state index in [9.17, 15) is 14.9 Å². The van der Waals surface area contributed by atoms with Gasteiger partial charge in [0.15, 0.2) is 0 Å². The van der Waals surface area contributed by atoms with Crippen LogP contribution < -0.4 is 11.1 Å². The topological polar surface area (TPSA) is 111 Å². The van der Waals surface area contributed by atoms with E-state index < -0.39 is 10.8 Å². The highest BCUT2D eigenvalue weighted by atomic mass is 35.5. The maximum Gasteiger partial charge on any atom is 0.271 e. The number of halogens is 1. The fourth-order valence-corrected chi connectivity index (χ4v) is 1.78. The average molecular weight is 296 g/mol. The predicted molar refractivity (Wildman–Crippen MR) is 72.4 cm³/mol. The van der Waals surface area contributed by atoms with Gasteiger partial charge in [0.25, 0.3) is 11.6 Å². The summed E-state index contributed by atoms with van der Waals surface area (Å²) in [5.41, 5.74) is 6.10. The minimum atomic E-state index is -0.641. The van der Waals surface area contributed by atoms with Crippen molar-refractivity contribution in [1.29, 1.82) is 0 Å². The van der Waals surface area contributed by atoms with Crippen LogP contribution in [-0.4, -0.2) is 10.8 Å². The van der Waals surface area contributed by atoms with Gasteiger partial charge in [-0.3, -0.25) is 14.9 Å². The van der Waals surface area contributed by atoms with Crippen molar-refractivity contribution in [3.8, 4) is 0 Å². The van der Waals surface area contributed by atoms with Crippen molar-refractivity contribution in [2.75, 3.05) is 5.73 Å². The molecule has 0 aliphatic heterocycles. The van der Waals surface area contributed by atoms with Crippen LogP contribution in [0.4, 0.5) is 11.4 Å². The molecule has 0 atom stereocenters. The van der Waals surface area contributed by atoms with Crippen LogP contribution in [0.5, 0.6) is 0 Å². The molecular weight excluding hydrogens is 286 g/mol. The maximum atomic E-state index is 12.0. The molecule has 0 radical (unpaired) electrons. The third-order valence-electron chi connectivity index (χ3n) is 2.60. The minimum Gasteiger partial charge on any atom is -0.472 e. The number of furan rings is 1. The standard InChI is InChI=1S/C12H10ClN3O4/c13-10-4-8(16(18)19)3-9(11(10)14)12(17)15-5-7-1-2-20-6-7/h1-4,6H,5,14H2,(H,15,17). The number of non-ortho nitro benzene ring substituents is 1. The summed E-state index contributed by atoms with van der Waals surface area (Å²) in [6, 6.07) is 3.87. The number of hydrogen-bond acceptors (Lipinski definition) is 5. The number of benzene rings is 1. The second-order valence-corrected chi connectivity index (χ2v) is 4.37. The zero-order valence-corrected chi connectivity index (χ0v) is 10.9. The quantitative estimate of drug-likeness (QED) is 0.511. The number of nitrogen functional groups attached to an aromatic ring is 1. The third-order valence-corrected chi connectivity index (χ3v) is 2.92. The number of amides is 1. The Labute approximate surface area is 118 Å². The fraction of sp³-hybridized carbons (Fsp3) is 0.0833. The van der Waals surface area contributed by atoms with Gasteiger partial charge < -0.3 is 15.5 Å². The highest BCUT2D eigenvalue weighted by molar-refractivity contribution is 6.34. The Morgan fingerprint density at radius 3 is 2.85 bits per heavy atom. The first-order valence-corrected chi connectivity index (χ1v) is 5.89. The van der Waals surface area contributed by atoms with E-state index in [4.69, 9.17) is 21.8 Å². The van der Waals surface area contributed by atoms with Gasteiger partial charge in [-0.25, -0.2) is 0 Å². The van der Waals surface area contributed by atoms with Crippen molar-refractivity contribution in [1.82, 2.24) is 5.32 Å². The van der Waals surface area contributed by atoms with Gasteiger partial charge >= 0.3 is 0 Å². The van der Waals surface area contributed by atoms with E-state index in [0.717, 1.165) is 17.7 Å². The molecule has 0 bridgehead atoms. The molecule has 1 heterocycles. The molecule has 0 aliphatic rings. The van der Waals surface area contributed by atoms with Crippen LogP contribution in [0.25, 0.3) is 0 Å². The predicted octanol–water partition coefficient (Wildman–Crippen LogP) is 2.35. The Hall–Kier alpha value is -2.54. The molecule has 0 spiro atoms. The molecule has 0 saturated carbocycles. The average Bonchev–Trinajstić information content (AvgIpc) is 2.92. The highest BCUT2D eigenvalue weighted by Crippen LogP contribution is 2.28. The molecule has 104 valence electrons. The van der Waals surface area contributed by atoms with E-state index in [-0.39, 0.29) is 28.5 Å². The Balaban J connectivity index is 2.22. The van der Waals surface area contributed by atoms with E-state index in [1.165, 1.54) is 12.5 Å². The fourth-order valence-electron chi connectivity index (χ4n) is 1.57. The van der Waals surface area contributed by atoms with Crippen molar-refractivity contribution in [2.45, 2.75) is 6.54 Å². The zero-order chi connectivity index (χ0) is 14.7. The van der Waals surface area contributed by atoms with Crippen LogP contribution in [0.1, 0.15) is 15.9 Å². The van der Waals surface area contributed by atoms with Gasteiger partial charge in [0.2, 0.25) is 0 Å². The van der Waals surface area contributed by atoms with Crippen LogP contribution in [0.3, 0.4) is 0 Å². The van der Waals surface area contributed by atoms with Crippen molar-refractivity contribution in [3.05, 3.63) is 57.0 Å². The molecular formula is C12H10ClN3O4. The number of hydrogen-bond donors (Lipinski definition) is 2. The molecule has 1 amide bonds. The number of nitrogens with two attached hydrogens (primary N) is 1. The van der Waals surface area contributed by atoms with Gasteiger partial charge in [0.1, 0.15) is 0 Å². The van der Waals surface area contributed by atoms with Gasteiger partial charge in [-0.15, -0.1) is 0 Å². The Morgan fingerprint density at radius 1 is 1.50 bits per heavy atom. The lowest BCUT2D eigenvalue weighted by atomic mass is 10.1. The van der Waals surface area contributed by atoms with Crippen molar-refractivity contribution < 1.29 is 14.1 Å². The molecule has 0 fully saturated rings. The number of carbonyl (C=O) groups excluding carboxylic acids is 1. The van der Waals surface area contributed by atoms with E-state index >= 15 is 0 Å². The first-order chi connectivity index (χ1) is 9.49. The molecule has 0 saturated heterocycles. The van der Waals surface area contributed by atoms with Gasteiger partial charge in [0.05, 0.1) is 33.7 Å². The smallest absolute Gasteiger partial charge is 0.271 e. The SMILES string of the molecule is Nc1c(Cl)cc([N+](=O)[O-])cc1C(=O)NCc1ccoc1. The van der Waals surface area contributed by atoms with Crippen LogP contribution >= 0.6 is 11.6 Å². The molecule has 3 N–H and O–H groups in total. The molecule has 1 aromatic carbocycles. The van der Waals surface area contributed by atoms with Crippen LogP contribution in [0.2, 0.25) is 5.02 Å². The number of nitro groups is 1. The summed E-state index contributed by atoms with van der Waals surface area (Å²) in [5.74, 6) is -0.547. The largest absolute Gasteiger partial charge is 0.472 e. The van der Waals surface area contributed by atoms with Gasteiger partial charge in [-0.05, 0) is 6.07 Å². The number of nitrogens with one attached hydrogen (secondary N) is 1. The zero-order valence-electron chi connectivity index (χ0n) is 10.1. The monoisotopic (exact) mass is 295 g/mol. The van der Waals surface area contributed by atoms with Crippen LogP contribution in [-0.2, 0) is 6.54 Å². The van der Waals surface area contributed by atoms with Gasteiger partial charge in [-0.1, -0.05) is 11.6 Å². The molecule has 2 rings (SSSR count). The van der Waals surface area contributed by atoms with E-state index in [2.05, 4.69) is 5.32 Å². The lowest BCUT2D eigenvalue weighted by Gasteiger charge is -2.08. The van der Waals surface area contributed by atoms with Crippen LogP contribution in [0.15, 0.2) is 35.1 Å². The van der Waals surface area contributed by atoms with E-state index in [0.29, 0.717) is 0 Å². The Kier molecular flexibility index (Phi) is 3.90. The van der Waals surface area contributed by atoms with Crippen molar-refractivity contribution in [3.63, 3.8) is 0 Å². The Morgan fingerprint density at radius 2 is 2.25 bits per heavy atom. The molecule has 0 aliphatic carbocycles. The first kappa shape index (κ1) is 13.9. The molecule has 8 heteroatoms. The Bertz CT molecular complexity index is 655. The summed E-state index contributed by atoms with van der Waals surface area (Å²) < 4.78 is 4.86. The summed E-state index contributed by atoms with van der Waals surface area (Å²) in [4.78, 5) is 22.1.